The molecule has 6 nitrogen and oxygen atoms in total. The molecule has 0 aromatic heterocycles. The smallest absolute Gasteiger partial charge is 0.243 e. The summed E-state index contributed by atoms with van der Waals surface area (Å²) in [5.74, 6) is -0.0186. The Morgan fingerprint density at radius 2 is 2.00 bits per heavy atom. The molecular formula is C16H22N2O4S. The Bertz CT molecular complexity index is 757. The molecule has 0 spiro atoms. The molecule has 1 saturated heterocycles. The van der Waals surface area contributed by atoms with Gasteiger partial charge in [0.15, 0.2) is 0 Å². The molecule has 0 saturated carbocycles. The number of amides is 1. The summed E-state index contributed by atoms with van der Waals surface area (Å²) in [4.78, 5) is 13.6. The van der Waals surface area contributed by atoms with Gasteiger partial charge in [0, 0.05) is 19.3 Å². The van der Waals surface area contributed by atoms with Gasteiger partial charge in [0.2, 0.25) is 15.9 Å². The van der Waals surface area contributed by atoms with E-state index in [9.17, 15) is 13.2 Å². The number of rotatable bonds is 2. The Hall–Kier alpha value is -1.44. The first-order chi connectivity index (χ1) is 10.6. The van der Waals surface area contributed by atoms with Gasteiger partial charge >= 0.3 is 0 Å². The van der Waals surface area contributed by atoms with Gasteiger partial charge in [0.1, 0.15) is 0 Å². The second-order valence-corrected chi connectivity index (χ2v) is 8.75. The zero-order chi connectivity index (χ0) is 17.0. The molecule has 2 aliphatic rings. The standard InChI is InChI=1S/C16H22N2O4S/c1-11-9-18(16(2,3)10-22-11)23(20,21)13-5-6-14-12(7-13)8-15(19)17(14)4/h5-7,11H,8-10H2,1-4H3. The number of anilines is 1. The number of sulfonamides is 1. The van der Waals surface area contributed by atoms with Gasteiger partial charge in [-0.05, 0) is 44.5 Å². The number of ether oxygens (including phenoxy) is 1. The maximum absolute atomic E-state index is 13.1. The van der Waals surface area contributed by atoms with Crippen LogP contribution >= 0.6 is 0 Å². The highest BCUT2D eigenvalue weighted by Crippen LogP contribution is 2.33. The van der Waals surface area contributed by atoms with Crippen molar-refractivity contribution in [3.05, 3.63) is 23.8 Å². The third-order valence-corrected chi connectivity index (χ3v) is 6.61. The van der Waals surface area contributed by atoms with Crippen molar-refractivity contribution in [2.45, 2.75) is 43.7 Å². The predicted octanol–water partition coefficient (Wildman–Crippen LogP) is 1.39. The zero-order valence-electron chi connectivity index (χ0n) is 13.9. The van der Waals surface area contributed by atoms with Gasteiger partial charge in [-0.1, -0.05) is 0 Å². The van der Waals surface area contributed by atoms with Gasteiger partial charge in [-0.15, -0.1) is 0 Å². The third kappa shape index (κ3) is 2.66. The molecule has 0 radical (unpaired) electrons. The fourth-order valence-electron chi connectivity index (χ4n) is 3.11. The lowest BCUT2D eigenvalue weighted by atomic mass is 10.1. The molecule has 1 amide bonds. The maximum Gasteiger partial charge on any atom is 0.243 e. The molecule has 0 N–H and O–H groups in total. The highest BCUT2D eigenvalue weighted by atomic mass is 32.2. The van der Waals surface area contributed by atoms with E-state index in [0.29, 0.717) is 13.2 Å². The van der Waals surface area contributed by atoms with Gasteiger partial charge in [-0.2, -0.15) is 4.31 Å². The van der Waals surface area contributed by atoms with E-state index < -0.39 is 15.6 Å². The fraction of sp³-hybridized carbons (Fsp3) is 0.562. The van der Waals surface area contributed by atoms with Gasteiger partial charge in [0.25, 0.3) is 0 Å². The Balaban J connectivity index is 2.01. The minimum atomic E-state index is -3.64. The van der Waals surface area contributed by atoms with Crippen LogP contribution in [0.2, 0.25) is 0 Å². The molecule has 23 heavy (non-hydrogen) atoms. The van der Waals surface area contributed by atoms with Crippen LogP contribution in [-0.4, -0.2) is 50.5 Å². The predicted molar refractivity (Wildman–Crippen MR) is 86.9 cm³/mol. The monoisotopic (exact) mass is 338 g/mol. The lowest BCUT2D eigenvalue weighted by Crippen LogP contribution is -2.57. The number of hydrogen-bond acceptors (Lipinski definition) is 4. The Morgan fingerprint density at radius 1 is 1.30 bits per heavy atom. The number of carbonyl (C=O) groups excluding carboxylic acids is 1. The molecular weight excluding hydrogens is 316 g/mol. The highest BCUT2D eigenvalue weighted by molar-refractivity contribution is 7.89. The number of likely N-dealkylation sites (N-methyl/N-ethyl adjacent to an activating group) is 1. The molecule has 2 heterocycles. The molecule has 2 aliphatic heterocycles. The van der Waals surface area contributed by atoms with E-state index in [1.54, 1.807) is 30.1 Å². The lowest BCUT2D eigenvalue weighted by Gasteiger charge is -2.43. The van der Waals surface area contributed by atoms with E-state index in [4.69, 9.17) is 4.74 Å². The molecule has 1 aromatic carbocycles. The fourth-order valence-corrected chi connectivity index (χ4v) is 5.00. The van der Waals surface area contributed by atoms with Crippen molar-refractivity contribution in [3.8, 4) is 0 Å². The van der Waals surface area contributed by atoms with Crippen molar-refractivity contribution in [1.29, 1.82) is 0 Å². The van der Waals surface area contributed by atoms with Crippen LogP contribution < -0.4 is 4.90 Å². The van der Waals surface area contributed by atoms with Crippen LogP contribution in [0.25, 0.3) is 0 Å². The summed E-state index contributed by atoms with van der Waals surface area (Å²) in [6.07, 6.45) is 0.109. The van der Waals surface area contributed by atoms with Crippen LogP contribution in [0.3, 0.4) is 0 Å². The first-order valence-electron chi connectivity index (χ1n) is 7.67. The molecule has 0 bridgehead atoms. The summed E-state index contributed by atoms with van der Waals surface area (Å²) in [5, 5.41) is 0. The average Bonchev–Trinajstić information content (AvgIpc) is 2.76. The van der Waals surface area contributed by atoms with Crippen molar-refractivity contribution in [2.24, 2.45) is 0 Å². The highest BCUT2D eigenvalue weighted by Gasteiger charge is 2.42. The number of carbonyl (C=O) groups is 1. The van der Waals surface area contributed by atoms with Crippen LogP contribution in [-0.2, 0) is 26.0 Å². The van der Waals surface area contributed by atoms with Crippen LogP contribution in [0.15, 0.2) is 23.1 Å². The van der Waals surface area contributed by atoms with Crippen molar-refractivity contribution >= 4 is 21.6 Å². The molecule has 1 unspecified atom stereocenters. The van der Waals surface area contributed by atoms with Gasteiger partial charge in [-0.25, -0.2) is 8.42 Å². The molecule has 3 rings (SSSR count). The summed E-state index contributed by atoms with van der Waals surface area (Å²) in [6, 6.07) is 4.92. The summed E-state index contributed by atoms with van der Waals surface area (Å²) >= 11 is 0. The van der Waals surface area contributed by atoms with E-state index in [1.165, 1.54) is 4.31 Å². The topological polar surface area (TPSA) is 66.9 Å². The quantitative estimate of drug-likeness (QED) is 0.817. The van der Waals surface area contributed by atoms with E-state index in [0.717, 1.165) is 11.3 Å². The Kier molecular flexibility index (Phi) is 3.78. The number of fused-ring (bicyclic) bond motifs is 1. The van der Waals surface area contributed by atoms with E-state index in [1.807, 2.05) is 20.8 Å². The largest absolute Gasteiger partial charge is 0.375 e. The molecule has 1 fully saturated rings. The van der Waals surface area contributed by atoms with Crippen molar-refractivity contribution in [1.82, 2.24) is 4.31 Å². The number of nitrogens with zero attached hydrogens (tertiary/aromatic N) is 2. The second-order valence-electron chi connectivity index (χ2n) is 6.89. The van der Waals surface area contributed by atoms with Gasteiger partial charge in [-0.3, -0.25) is 4.79 Å². The minimum absolute atomic E-state index is 0.0186. The van der Waals surface area contributed by atoms with E-state index >= 15 is 0 Å². The number of benzene rings is 1. The zero-order valence-corrected chi connectivity index (χ0v) is 14.7. The molecule has 1 atom stereocenters. The summed E-state index contributed by atoms with van der Waals surface area (Å²) in [5.41, 5.74) is 0.943. The molecule has 0 aliphatic carbocycles. The minimum Gasteiger partial charge on any atom is -0.375 e. The van der Waals surface area contributed by atoms with E-state index in [-0.39, 0.29) is 23.3 Å². The summed E-state index contributed by atoms with van der Waals surface area (Å²) in [7, 11) is -1.93. The average molecular weight is 338 g/mol. The summed E-state index contributed by atoms with van der Waals surface area (Å²) < 4.78 is 33.3. The Labute approximate surface area is 137 Å². The van der Waals surface area contributed by atoms with Crippen molar-refractivity contribution < 1.29 is 17.9 Å². The molecule has 7 heteroatoms. The normalized spacial score (nSPS) is 24.8. The molecule has 1 aromatic rings. The Morgan fingerprint density at radius 3 is 2.70 bits per heavy atom. The van der Waals surface area contributed by atoms with Crippen LogP contribution in [0.1, 0.15) is 26.3 Å². The number of hydrogen-bond donors (Lipinski definition) is 0. The van der Waals surface area contributed by atoms with Crippen LogP contribution in [0.4, 0.5) is 5.69 Å². The number of morpholine rings is 1. The van der Waals surface area contributed by atoms with Crippen molar-refractivity contribution in [2.75, 3.05) is 25.1 Å². The summed E-state index contributed by atoms with van der Waals surface area (Å²) in [6.45, 7) is 6.28. The first kappa shape index (κ1) is 16.4. The molecule has 126 valence electrons. The van der Waals surface area contributed by atoms with E-state index in [2.05, 4.69) is 0 Å². The second kappa shape index (κ2) is 5.29. The SMILES string of the molecule is CC1CN(S(=O)(=O)c2ccc3c(c2)CC(=O)N3C)C(C)(C)CO1. The van der Waals surface area contributed by atoms with Crippen LogP contribution in [0.5, 0.6) is 0 Å². The first-order valence-corrected chi connectivity index (χ1v) is 9.11. The van der Waals surface area contributed by atoms with Gasteiger partial charge in [0.05, 0.1) is 29.6 Å². The maximum atomic E-state index is 13.1. The van der Waals surface area contributed by atoms with Gasteiger partial charge < -0.3 is 9.64 Å². The third-order valence-electron chi connectivity index (χ3n) is 4.54. The lowest BCUT2D eigenvalue weighted by molar-refractivity contribution is -0.117. The van der Waals surface area contributed by atoms with Crippen molar-refractivity contribution in [3.63, 3.8) is 0 Å². The van der Waals surface area contributed by atoms with Crippen LogP contribution in [0, 0.1) is 0 Å².